The predicted octanol–water partition coefficient (Wildman–Crippen LogP) is 3.13. The highest BCUT2D eigenvalue weighted by atomic mass is 16.4. The molecule has 4 rings (SSSR count). The van der Waals surface area contributed by atoms with Gasteiger partial charge in [-0.05, 0) is 47.1 Å². The number of aliphatic carboxylic acids is 1. The fourth-order valence-electron chi connectivity index (χ4n) is 4.12. The Morgan fingerprint density at radius 3 is 2.43 bits per heavy atom. The Morgan fingerprint density at radius 1 is 1.04 bits per heavy atom. The van der Waals surface area contributed by atoms with Crippen molar-refractivity contribution in [3.63, 3.8) is 0 Å². The molecule has 0 heterocycles. The molecule has 0 aromatic heterocycles. The molecule has 0 spiro atoms. The van der Waals surface area contributed by atoms with Gasteiger partial charge in [-0.15, -0.1) is 0 Å². The van der Waals surface area contributed by atoms with E-state index in [1.807, 2.05) is 36.4 Å². The zero-order valence-corrected chi connectivity index (χ0v) is 12.7. The van der Waals surface area contributed by atoms with Gasteiger partial charge >= 0.3 is 5.97 Å². The molecule has 0 aliphatic heterocycles. The lowest BCUT2D eigenvalue weighted by atomic mass is 10.0. The number of carbonyl (C=O) groups is 2. The molecule has 3 unspecified atom stereocenters. The molecule has 2 aliphatic carbocycles. The second-order valence-corrected chi connectivity index (χ2v) is 6.67. The van der Waals surface area contributed by atoms with Crippen LogP contribution in [0.2, 0.25) is 0 Å². The second kappa shape index (κ2) is 5.37. The van der Waals surface area contributed by atoms with E-state index in [1.54, 1.807) is 6.07 Å². The van der Waals surface area contributed by atoms with Crippen LogP contribution in [0.5, 0.6) is 0 Å². The number of rotatable bonds is 4. The minimum atomic E-state index is -1.01. The molecule has 0 bridgehead atoms. The number of benzene rings is 2. The Bertz CT molecular complexity index is 775. The molecule has 2 aliphatic rings. The number of amides is 1. The average Bonchev–Trinajstić information content (AvgIpc) is 3.04. The quantitative estimate of drug-likeness (QED) is 0.912. The average molecular weight is 309 g/mol. The molecule has 118 valence electrons. The zero-order valence-electron chi connectivity index (χ0n) is 12.7. The number of carboxylic acids is 1. The van der Waals surface area contributed by atoms with Crippen LogP contribution in [0.1, 0.15) is 30.9 Å². The third-order valence-electron chi connectivity index (χ3n) is 5.35. The Balaban J connectivity index is 1.57. The first-order chi connectivity index (χ1) is 11.1. The molecule has 1 amide bonds. The summed E-state index contributed by atoms with van der Waals surface area (Å²) in [4.78, 5) is 24.0. The first kappa shape index (κ1) is 14.2. The van der Waals surface area contributed by atoms with Gasteiger partial charge in [-0.2, -0.15) is 0 Å². The minimum absolute atomic E-state index is 0.0334. The topological polar surface area (TPSA) is 66.4 Å². The van der Waals surface area contributed by atoms with Crippen molar-refractivity contribution in [2.24, 2.45) is 17.8 Å². The van der Waals surface area contributed by atoms with Gasteiger partial charge < -0.3 is 10.4 Å². The van der Waals surface area contributed by atoms with E-state index in [1.165, 1.54) is 6.42 Å². The first-order valence-corrected chi connectivity index (χ1v) is 8.17. The van der Waals surface area contributed by atoms with Crippen molar-refractivity contribution in [2.75, 3.05) is 0 Å². The zero-order chi connectivity index (χ0) is 16.0. The molecule has 2 aromatic carbocycles. The summed E-state index contributed by atoms with van der Waals surface area (Å²) >= 11 is 0. The maximum absolute atomic E-state index is 12.4. The maximum atomic E-state index is 12.4. The van der Waals surface area contributed by atoms with Gasteiger partial charge in [0.1, 0.15) is 0 Å². The highest BCUT2D eigenvalue weighted by Gasteiger charge is 2.56. The Kier molecular flexibility index (Phi) is 3.33. The van der Waals surface area contributed by atoms with E-state index in [0.717, 1.165) is 23.6 Å². The number of nitrogens with one attached hydrogen (secondary N) is 1. The van der Waals surface area contributed by atoms with E-state index in [4.69, 9.17) is 0 Å². The molecule has 3 atom stereocenters. The van der Waals surface area contributed by atoms with Gasteiger partial charge in [0, 0.05) is 5.92 Å². The van der Waals surface area contributed by atoms with Crippen LogP contribution in [-0.2, 0) is 9.59 Å². The summed E-state index contributed by atoms with van der Waals surface area (Å²) in [5, 5.41) is 14.3. The van der Waals surface area contributed by atoms with E-state index in [-0.39, 0.29) is 11.8 Å². The van der Waals surface area contributed by atoms with Crippen molar-refractivity contribution < 1.29 is 14.7 Å². The molecule has 2 fully saturated rings. The molecule has 0 saturated heterocycles. The number of fused-ring (bicyclic) bond motifs is 2. The van der Waals surface area contributed by atoms with E-state index < -0.39 is 12.0 Å². The summed E-state index contributed by atoms with van der Waals surface area (Å²) in [7, 11) is 0. The van der Waals surface area contributed by atoms with Crippen LogP contribution in [0.4, 0.5) is 0 Å². The lowest BCUT2D eigenvalue weighted by molar-refractivity contribution is -0.142. The van der Waals surface area contributed by atoms with Gasteiger partial charge in [0.15, 0.2) is 6.04 Å². The van der Waals surface area contributed by atoms with E-state index in [0.29, 0.717) is 17.4 Å². The third-order valence-corrected chi connectivity index (χ3v) is 5.35. The van der Waals surface area contributed by atoms with Gasteiger partial charge in [-0.1, -0.05) is 42.8 Å². The van der Waals surface area contributed by atoms with Crippen LogP contribution in [0, 0.1) is 17.8 Å². The minimum Gasteiger partial charge on any atom is -0.479 e. The monoisotopic (exact) mass is 309 g/mol. The number of hydrogen-bond donors (Lipinski definition) is 2. The first-order valence-electron chi connectivity index (χ1n) is 8.17. The van der Waals surface area contributed by atoms with Gasteiger partial charge in [0.05, 0.1) is 0 Å². The van der Waals surface area contributed by atoms with Crippen molar-refractivity contribution in [3.05, 3.63) is 48.0 Å². The van der Waals surface area contributed by atoms with Crippen LogP contribution < -0.4 is 5.32 Å². The SMILES string of the molecule is O=C(O)C(NC(=O)C1C2CCCC21)c1ccc2ccccc2c1. The van der Waals surface area contributed by atoms with Gasteiger partial charge in [-0.3, -0.25) is 4.79 Å². The largest absolute Gasteiger partial charge is 0.479 e. The van der Waals surface area contributed by atoms with Gasteiger partial charge in [0.25, 0.3) is 0 Å². The lowest BCUT2D eigenvalue weighted by Gasteiger charge is -2.16. The van der Waals surface area contributed by atoms with Crippen molar-refractivity contribution in [3.8, 4) is 0 Å². The Hall–Kier alpha value is -2.36. The normalized spacial score (nSPS) is 26.5. The van der Waals surface area contributed by atoms with Crippen LogP contribution in [0.3, 0.4) is 0 Å². The van der Waals surface area contributed by atoms with Crippen molar-refractivity contribution in [1.82, 2.24) is 5.32 Å². The summed E-state index contributed by atoms with van der Waals surface area (Å²) in [6.07, 6.45) is 3.42. The number of carboxylic acid groups (broad SMARTS) is 1. The highest BCUT2D eigenvalue weighted by Crippen LogP contribution is 2.57. The Morgan fingerprint density at radius 2 is 1.74 bits per heavy atom. The fourth-order valence-corrected chi connectivity index (χ4v) is 4.12. The van der Waals surface area contributed by atoms with E-state index in [9.17, 15) is 14.7 Å². The number of carbonyl (C=O) groups excluding carboxylic acids is 1. The summed E-state index contributed by atoms with van der Waals surface area (Å²) in [5.74, 6) is -0.104. The van der Waals surface area contributed by atoms with Crippen molar-refractivity contribution in [2.45, 2.75) is 25.3 Å². The molecule has 23 heavy (non-hydrogen) atoms. The van der Waals surface area contributed by atoms with Crippen LogP contribution in [0.25, 0.3) is 10.8 Å². The Labute approximate surface area is 134 Å². The van der Waals surface area contributed by atoms with Crippen molar-refractivity contribution >= 4 is 22.6 Å². The summed E-state index contributed by atoms with van der Waals surface area (Å²) < 4.78 is 0. The fraction of sp³-hybridized carbons (Fsp3) is 0.368. The molecular weight excluding hydrogens is 290 g/mol. The molecule has 4 heteroatoms. The molecule has 0 radical (unpaired) electrons. The van der Waals surface area contributed by atoms with Crippen LogP contribution in [-0.4, -0.2) is 17.0 Å². The van der Waals surface area contributed by atoms with Gasteiger partial charge in [0.2, 0.25) is 5.91 Å². The summed E-state index contributed by atoms with van der Waals surface area (Å²) in [5.41, 5.74) is 0.621. The van der Waals surface area contributed by atoms with Crippen LogP contribution >= 0.6 is 0 Å². The van der Waals surface area contributed by atoms with E-state index >= 15 is 0 Å². The van der Waals surface area contributed by atoms with Gasteiger partial charge in [-0.25, -0.2) is 4.79 Å². The van der Waals surface area contributed by atoms with Crippen LogP contribution in [0.15, 0.2) is 42.5 Å². The lowest BCUT2D eigenvalue weighted by Crippen LogP contribution is -2.35. The summed E-state index contributed by atoms with van der Waals surface area (Å²) in [6, 6.07) is 12.4. The second-order valence-electron chi connectivity index (χ2n) is 6.67. The highest BCUT2D eigenvalue weighted by molar-refractivity contribution is 5.89. The molecule has 2 N–H and O–H groups in total. The molecule has 2 saturated carbocycles. The maximum Gasteiger partial charge on any atom is 0.330 e. The molecular formula is C19H19NO3. The molecule has 2 aromatic rings. The standard InChI is InChI=1S/C19H19NO3/c21-18(16-14-6-3-7-15(14)16)20-17(19(22)23)13-9-8-11-4-1-2-5-12(11)10-13/h1-2,4-5,8-10,14-17H,3,6-7H2,(H,20,21)(H,22,23). The third kappa shape index (κ3) is 2.48. The molecule has 4 nitrogen and oxygen atoms in total. The van der Waals surface area contributed by atoms with Crippen molar-refractivity contribution in [1.29, 1.82) is 0 Å². The predicted molar refractivity (Wildman–Crippen MR) is 86.8 cm³/mol. The van der Waals surface area contributed by atoms with E-state index in [2.05, 4.69) is 5.32 Å². The number of hydrogen-bond acceptors (Lipinski definition) is 2. The smallest absolute Gasteiger partial charge is 0.330 e. The summed E-state index contributed by atoms with van der Waals surface area (Å²) in [6.45, 7) is 0.